The number of benzene rings is 1. The molecule has 0 unspecified atom stereocenters. The van der Waals surface area contributed by atoms with E-state index in [9.17, 15) is 5.11 Å². The van der Waals surface area contributed by atoms with E-state index in [0.29, 0.717) is 21.4 Å². The fourth-order valence-electron chi connectivity index (χ4n) is 1.43. The van der Waals surface area contributed by atoms with Crippen LogP contribution in [0.4, 0.5) is 0 Å². The van der Waals surface area contributed by atoms with Gasteiger partial charge in [-0.25, -0.2) is 4.98 Å². The molecule has 0 spiro atoms. The van der Waals surface area contributed by atoms with Crippen LogP contribution in [0.25, 0.3) is 11.3 Å². The fourth-order valence-corrected chi connectivity index (χ4v) is 1.76. The molecule has 2 nitrogen and oxygen atoms in total. The van der Waals surface area contributed by atoms with Crippen LogP contribution in [0.1, 0.15) is 5.56 Å². The first-order valence-corrected chi connectivity index (χ1v) is 5.45. The summed E-state index contributed by atoms with van der Waals surface area (Å²) in [5.41, 5.74) is 2.01. The third-order valence-electron chi connectivity index (χ3n) is 2.27. The molecule has 0 aliphatic rings. The zero-order valence-electron chi connectivity index (χ0n) is 8.54. The molecule has 1 N–H and O–H groups in total. The highest BCUT2D eigenvalue weighted by atomic mass is 35.5. The molecular formula is C12H9Cl2NO. The van der Waals surface area contributed by atoms with Crippen molar-refractivity contribution in [3.8, 4) is 17.0 Å². The van der Waals surface area contributed by atoms with Crippen LogP contribution in [-0.2, 0) is 0 Å². The van der Waals surface area contributed by atoms with E-state index < -0.39 is 0 Å². The summed E-state index contributed by atoms with van der Waals surface area (Å²) in [4.78, 5) is 4.12. The number of rotatable bonds is 1. The second kappa shape index (κ2) is 4.32. The van der Waals surface area contributed by atoms with Gasteiger partial charge in [0.15, 0.2) is 0 Å². The minimum Gasteiger partial charge on any atom is -0.507 e. The van der Waals surface area contributed by atoms with E-state index in [1.807, 2.05) is 6.92 Å². The van der Waals surface area contributed by atoms with Crippen molar-refractivity contribution < 1.29 is 5.11 Å². The van der Waals surface area contributed by atoms with Crippen LogP contribution in [0.3, 0.4) is 0 Å². The number of pyridine rings is 1. The Morgan fingerprint density at radius 2 is 1.94 bits per heavy atom. The lowest BCUT2D eigenvalue weighted by atomic mass is 10.1. The maximum Gasteiger partial charge on any atom is 0.129 e. The molecule has 2 rings (SSSR count). The molecule has 0 bridgehead atoms. The topological polar surface area (TPSA) is 33.1 Å². The molecule has 1 heterocycles. The van der Waals surface area contributed by atoms with Crippen molar-refractivity contribution in [3.05, 3.63) is 46.1 Å². The molecule has 82 valence electrons. The summed E-state index contributed by atoms with van der Waals surface area (Å²) in [7, 11) is 0. The number of hydrogen-bond acceptors (Lipinski definition) is 2. The van der Waals surface area contributed by atoms with Crippen molar-refractivity contribution in [2.75, 3.05) is 0 Å². The first-order valence-electron chi connectivity index (χ1n) is 4.70. The van der Waals surface area contributed by atoms with E-state index in [2.05, 4.69) is 4.98 Å². The van der Waals surface area contributed by atoms with Gasteiger partial charge in [0.1, 0.15) is 10.9 Å². The van der Waals surface area contributed by atoms with Gasteiger partial charge < -0.3 is 5.11 Å². The molecule has 1 aromatic heterocycles. The molecule has 0 fully saturated rings. The van der Waals surface area contributed by atoms with E-state index in [-0.39, 0.29) is 5.75 Å². The van der Waals surface area contributed by atoms with Crippen LogP contribution in [-0.4, -0.2) is 10.1 Å². The molecule has 0 aliphatic carbocycles. The van der Waals surface area contributed by atoms with E-state index in [1.54, 1.807) is 30.3 Å². The third-order valence-corrected chi connectivity index (χ3v) is 2.89. The van der Waals surface area contributed by atoms with Gasteiger partial charge in [-0.2, -0.15) is 0 Å². The number of aryl methyl sites for hydroxylation is 1. The summed E-state index contributed by atoms with van der Waals surface area (Å²) in [6, 6.07) is 8.52. The van der Waals surface area contributed by atoms with E-state index >= 15 is 0 Å². The van der Waals surface area contributed by atoms with Crippen LogP contribution in [0, 0.1) is 6.92 Å². The Hall–Kier alpha value is -1.25. The Labute approximate surface area is 103 Å². The normalized spacial score (nSPS) is 10.4. The number of phenolic OH excluding ortho intramolecular Hbond substituents is 1. The number of hydrogen-bond donors (Lipinski definition) is 1. The highest BCUT2D eigenvalue weighted by Crippen LogP contribution is 2.33. The molecule has 0 saturated heterocycles. The first kappa shape index (κ1) is 11.2. The van der Waals surface area contributed by atoms with Crippen LogP contribution >= 0.6 is 23.2 Å². The highest BCUT2D eigenvalue weighted by Gasteiger charge is 2.09. The average molecular weight is 254 g/mol. The summed E-state index contributed by atoms with van der Waals surface area (Å²) in [5.74, 6) is 0.150. The van der Waals surface area contributed by atoms with Crippen molar-refractivity contribution in [2.45, 2.75) is 6.92 Å². The number of aromatic hydroxyl groups is 1. The first-order chi connectivity index (χ1) is 7.58. The van der Waals surface area contributed by atoms with Gasteiger partial charge in [0.25, 0.3) is 0 Å². The molecule has 4 heteroatoms. The lowest BCUT2D eigenvalue weighted by Gasteiger charge is -2.07. The SMILES string of the molecule is Cc1cc(O)c(-c2cccc(Cl)n2)cc1Cl. The highest BCUT2D eigenvalue weighted by molar-refractivity contribution is 6.31. The zero-order valence-corrected chi connectivity index (χ0v) is 10.0. The van der Waals surface area contributed by atoms with Crippen LogP contribution in [0.2, 0.25) is 10.2 Å². The molecule has 16 heavy (non-hydrogen) atoms. The van der Waals surface area contributed by atoms with Gasteiger partial charge in [-0.1, -0.05) is 29.3 Å². The predicted octanol–water partition coefficient (Wildman–Crippen LogP) is 4.07. The lowest BCUT2D eigenvalue weighted by Crippen LogP contribution is -1.86. The molecule has 0 atom stereocenters. The molecule has 0 saturated carbocycles. The van der Waals surface area contributed by atoms with E-state index in [1.165, 1.54) is 0 Å². The summed E-state index contributed by atoms with van der Waals surface area (Å²) in [6.45, 7) is 1.83. The van der Waals surface area contributed by atoms with E-state index in [4.69, 9.17) is 23.2 Å². The predicted molar refractivity (Wildman–Crippen MR) is 66.1 cm³/mol. The molecule has 0 radical (unpaired) electrons. The standard InChI is InChI=1S/C12H9Cl2NO/c1-7-5-11(16)8(6-9(7)13)10-3-2-4-12(14)15-10/h2-6,16H,1H3. The van der Waals surface area contributed by atoms with Crippen molar-refractivity contribution in [2.24, 2.45) is 0 Å². The number of phenols is 1. The quantitative estimate of drug-likeness (QED) is 0.778. The summed E-state index contributed by atoms with van der Waals surface area (Å²) >= 11 is 11.8. The summed E-state index contributed by atoms with van der Waals surface area (Å²) in [6.07, 6.45) is 0. The lowest BCUT2D eigenvalue weighted by molar-refractivity contribution is 0.476. The van der Waals surface area contributed by atoms with Gasteiger partial charge in [0.2, 0.25) is 0 Å². The summed E-state index contributed by atoms with van der Waals surface area (Å²) < 4.78 is 0. The van der Waals surface area contributed by atoms with Crippen LogP contribution in [0.15, 0.2) is 30.3 Å². The zero-order chi connectivity index (χ0) is 11.7. The van der Waals surface area contributed by atoms with Gasteiger partial charge in [-0.05, 0) is 36.8 Å². The van der Waals surface area contributed by atoms with Crippen LogP contribution < -0.4 is 0 Å². The molecular weight excluding hydrogens is 245 g/mol. The fraction of sp³-hybridized carbons (Fsp3) is 0.0833. The van der Waals surface area contributed by atoms with Gasteiger partial charge in [-0.3, -0.25) is 0 Å². The van der Waals surface area contributed by atoms with Crippen molar-refractivity contribution in [1.29, 1.82) is 0 Å². The maximum absolute atomic E-state index is 9.82. The average Bonchev–Trinajstić information content (AvgIpc) is 2.23. The van der Waals surface area contributed by atoms with Crippen molar-refractivity contribution in [3.63, 3.8) is 0 Å². The molecule has 0 aliphatic heterocycles. The smallest absolute Gasteiger partial charge is 0.129 e. The molecule has 2 aromatic rings. The Bertz CT molecular complexity index is 541. The molecule has 0 amide bonds. The third kappa shape index (κ3) is 2.13. The van der Waals surface area contributed by atoms with Gasteiger partial charge >= 0.3 is 0 Å². The second-order valence-electron chi connectivity index (χ2n) is 3.46. The van der Waals surface area contributed by atoms with Crippen molar-refractivity contribution in [1.82, 2.24) is 4.98 Å². The van der Waals surface area contributed by atoms with Crippen molar-refractivity contribution >= 4 is 23.2 Å². The second-order valence-corrected chi connectivity index (χ2v) is 4.26. The monoisotopic (exact) mass is 253 g/mol. The Balaban J connectivity index is 2.60. The minimum absolute atomic E-state index is 0.150. The largest absolute Gasteiger partial charge is 0.507 e. The Kier molecular flexibility index (Phi) is 3.03. The maximum atomic E-state index is 9.82. The Morgan fingerprint density at radius 1 is 1.19 bits per heavy atom. The Morgan fingerprint density at radius 3 is 2.62 bits per heavy atom. The van der Waals surface area contributed by atoms with Gasteiger partial charge in [-0.15, -0.1) is 0 Å². The number of aromatic nitrogens is 1. The van der Waals surface area contributed by atoms with Gasteiger partial charge in [0.05, 0.1) is 5.69 Å². The summed E-state index contributed by atoms with van der Waals surface area (Å²) in [5, 5.41) is 10.8. The minimum atomic E-state index is 0.150. The van der Waals surface area contributed by atoms with Gasteiger partial charge in [0, 0.05) is 10.6 Å². The van der Waals surface area contributed by atoms with E-state index in [0.717, 1.165) is 5.56 Å². The molecule has 1 aromatic carbocycles. The van der Waals surface area contributed by atoms with Crippen LogP contribution in [0.5, 0.6) is 5.75 Å². The number of nitrogens with zero attached hydrogens (tertiary/aromatic N) is 1. The number of halogens is 2.